The molecular weight excluding hydrogens is 248 g/mol. The Labute approximate surface area is 123 Å². The Hall–Kier alpha value is -1.16. The molecule has 1 saturated heterocycles. The second-order valence-corrected chi connectivity index (χ2v) is 5.83. The number of nitrogens with one attached hydrogen (secondary N) is 1. The van der Waals surface area contributed by atoms with Gasteiger partial charge in [0.15, 0.2) is 0 Å². The lowest BCUT2D eigenvalue weighted by Gasteiger charge is -2.31. The van der Waals surface area contributed by atoms with Crippen molar-refractivity contribution >= 4 is 5.82 Å². The molecule has 1 aromatic rings. The molecule has 0 aliphatic carbocycles. The van der Waals surface area contributed by atoms with E-state index in [2.05, 4.69) is 34.0 Å². The van der Waals surface area contributed by atoms with E-state index in [4.69, 9.17) is 0 Å². The van der Waals surface area contributed by atoms with Crippen molar-refractivity contribution in [2.75, 3.05) is 25.0 Å². The predicted octanol–water partition coefficient (Wildman–Crippen LogP) is 3.31. The van der Waals surface area contributed by atoms with Crippen LogP contribution in [-0.2, 0) is 6.54 Å². The number of rotatable bonds is 7. The normalized spacial score (nSPS) is 17.3. The zero-order chi connectivity index (χ0) is 14.2. The van der Waals surface area contributed by atoms with Crippen LogP contribution >= 0.6 is 0 Å². The molecular formula is C16H28N4. The molecule has 0 saturated carbocycles. The average molecular weight is 276 g/mol. The fourth-order valence-corrected chi connectivity index (χ4v) is 2.85. The highest BCUT2D eigenvalue weighted by atomic mass is 15.1. The second-order valence-electron chi connectivity index (χ2n) is 5.83. The first-order chi connectivity index (χ1) is 9.81. The van der Waals surface area contributed by atoms with Crippen molar-refractivity contribution in [1.29, 1.82) is 0 Å². The van der Waals surface area contributed by atoms with Gasteiger partial charge < -0.3 is 5.32 Å². The standard InChI is InChI=1S/C16H28N4/c1-3-5-14-6-9-20(10-7-14)13-15-11-19-16(12-18-15)17-8-4-2/h11-12,14H,3-10,13H2,1-2H3,(H,17,19). The van der Waals surface area contributed by atoms with Gasteiger partial charge in [0, 0.05) is 13.1 Å². The van der Waals surface area contributed by atoms with E-state index in [0.29, 0.717) is 0 Å². The molecule has 1 aliphatic heterocycles. The molecule has 2 rings (SSSR count). The highest BCUT2D eigenvalue weighted by molar-refractivity contribution is 5.30. The van der Waals surface area contributed by atoms with Gasteiger partial charge in [0.25, 0.3) is 0 Å². The molecule has 0 amide bonds. The van der Waals surface area contributed by atoms with E-state index in [1.165, 1.54) is 38.8 Å². The summed E-state index contributed by atoms with van der Waals surface area (Å²) in [6.07, 6.45) is 10.3. The number of likely N-dealkylation sites (tertiary alicyclic amines) is 1. The Morgan fingerprint density at radius 2 is 1.95 bits per heavy atom. The number of piperidine rings is 1. The van der Waals surface area contributed by atoms with Crippen LogP contribution in [0.1, 0.15) is 51.6 Å². The molecule has 0 atom stereocenters. The molecule has 20 heavy (non-hydrogen) atoms. The van der Waals surface area contributed by atoms with Gasteiger partial charge >= 0.3 is 0 Å². The van der Waals surface area contributed by atoms with E-state index in [1.807, 2.05) is 12.4 Å². The van der Waals surface area contributed by atoms with E-state index in [0.717, 1.165) is 36.9 Å². The van der Waals surface area contributed by atoms with Gasteiger partial charge in [0.2, 0.25) is 0 Å². The van der Waals surface area contributed by atoms with Crippen molar-refractivity contribution in [3.05, 3.63) is 18.1 Å². The number of nitrogens with zero attached hydrogens (tertiary/aromatic N) is 3. The van der Waals surface area contributed by atoms with Crippen molar-refractivity contribution in [2.24, 2.45) is 5.92 Å². The van der Waals surface area contributed by atoms with Crippen LogP contribution in [0.25, 0.3) is 0 Å². The maximum atomic E-state index is 4.51. The van der Waals surface area contributed by atoms with Crippen molar-refractivity contribution in [2.45, 2.75) is 52.5 Å². The molecule has 1 fully saturated rings. The largest absolute Gasteiger partial charge is 0.369 e. The third-order valence-corrected chi connectivity index (χ3v) is 4.05. The lowest BCUT2D eigenvalue weighted by Crippen LogP contribution is -2.33. The van der Waals surface area contributed by atoms with Crippen LogP contribution in [0.5, 0.6) is 0 Å². The predicted molar refractivity (Wildman–Crippen MR) is 83.7 cm³/mol. The Kier molecular flexibility index (Phi) is 6.25. The molecule has 0 spiro atoms. The first kappa shape index (κ1) is 15.2. The highest BCUT2D eigenvalue weighted by Crippen LogP contribution is 2.22. The lowest BCUT2D eigenvalue weighted by molar-refractivity contribution is 0.170. The van der Waals surface area contributed by atoms with Crippen LogP contribution in [0.3, 0.4) is 0 Å². The summed E-state index contributed by atoms with van der Waals surface area (Å²) in [7, 11) is 0. The van der Waals surface area contributed by atoms with Crippen LogP contribution in [0.2, 0.25) is 0 Å². The molecule has 4 nitrogen and oxygen atoms in total. The topological polar surface area (TPSA) is 41.1 Å². The van der Waals surface area contributed by atoms with Gasteiger partial charge in [0.1, 0.15) is 5.82 Å². The number of aromatic nitrogens is 2. The third-order valence-electron chi connectivity index (χ3n) is 4.05. The van der Waals surface area contributed by atoms with Crippen LogP contribution in [-0.4, -0.2) is 34.5 Å². The van der Waals surface area contributed by atoms with Gasteiger partial charge in [-0.3, -0.25) is 9.88 Å². The third kappa shape index (κ3) is 4.75. The Morgan fingerprint density at radius 1 is 1.15 bits per heavy atom. The van der Waals surface area contributed by atoms with Crippen LogP contribution in [0, 0.1) is 5.92 Å². The average Bonchev–Trinajstić information content (AvgIpc) is 2.49. The smallest absolute Gasteiger partial charge is 0.144 e. The molecule has 4 heteroatoms. The fraction of sp³-hybridized carbons (Fsp3) is 0.750. The van der Waals surface area contributed by atoms with Crippen molar-refractivity contribution in [1.82, 2.24) is 14.9 Å². The Morgan fingerprint density at radius 3 is 2.55 bits per heavy atom. The molecule has 2 heterocycles. The number of anilines is 1. The summed E-state index contributed by atoms with van der Waals surface area (Å²) < 4.78 is 0. The first-order valence-electron chi connectivity index (χ1n) is 8.09. The minimum Gasteiger partial charge on any atom is -0.369 e. The number of hydrogen-bond acceptors (Lipinski definition) is 4. The summed E-state index contributed by atoms with van der Waals surface area (Å²) >= 11 is 0. The summed E-state index contributed by atoms with van der Waals surface area (Å²) in [6.45, 7) is 8.76. The molecule has 1 aliphatic rings. The molecule has 1 N–H and O–H groups in total. The quantitative estimate of drug-likeness (QED) is 0.829. The van der Waals surface area contributed by atoms with Gasteiger partial charge in [-0.15, -0.1) is 0 Å². The second kappa shape index (κ2) is 8.20. The van der Waals surface area contributed by atoms with E-state index in [1.54, 1.807) is 0 Å². The molecule has 112 valence electrons. The number of hydrogen-bond donors (Lipinski definition) is 1. The van der Waals surface area contributed by atoms with Gasteiger partial charge in [-0.1, -0.05) is 26.7 Å². The van der Waals surface area contributed by atoms with E-state index >= 15 is 0 Å². The Balaban J connectivity index is 1.76. The lowest BCUT2D eigenvalue weighted by atomic mass is 9.92. The first-order valence-corrected chi connectivity index (χ1v) is 8.09. The SMILES string of the molecule is CCCNc1cnc(CN2CCC(CCC)CC2)cn1. The summed E-state index contributed by atoms with van der Waals surface area (Å²) in [5.74, 6) is 1.83. The van der Waals surface area contributed by atoms with Crippen molar-refractivity contribution in [3.8, 4) is 0 Å². The van der Waals surface area contributed by atoms with E-state index < -0.39 is 0 Å². The van der Waals surface area contributed by atoms with Crippen molar-refractivity contribution in [3.63, 3.8) is 0 Å². The molecule has 1 aromatic heterocycles. The van der Waals surface area contributed by atoms with Crippen molar-refractivity contribution < 1.29 is 0 Å². The maximum absolute atomic E-state index is 4.51. The van der Waals surface area contributed by atoms with Gasteiger partial charge in [-0.05, 0) is 38.3 Å². The summed E-state index contributed by atoms with van der Waals surface area (Å²) in [4.78, 5) is 11.4. The molecule has 0 radical (unpaired) electrons. The molecule has 0 unspecified atom stereocenters. The maximum Gasteiger partial charge on any atom is 0.144 e. The minimum atomic E-state index is 0.886. The van der Waals surface area contributed by atoms with Gasteiger partial charge in [0.05, 0.1) is 18.1 Å². The van der Waals surface area contributed by atoms with Gasteiger partial charge in [-0.25, -0.2) is 4.98 Å². The zero-order valence-corrected chi connectivity index (χ0v) is 12.9. The van der Waals surface area contributed by atoms with E-state index in [-0.39, 0.29) is 0 Å². The van der Waals surface area contributed by atoms with E-state index in [9.17, 15) is 0 Å². The highest BCUT2D eigenvalue weighted by Gasteiger charge is 2.18. The summed E-state index contributed by atoms with van der Waals surface area (Å²) in [5.41, 5.74) is 1.08. The van der Waals surface area contributed by atoms with Gasteiger partial charge in [-0.2, -0.15) is 0 Å². The van der Waals surface area contributed by atoms with Crippen LogP contribution < -0.4 is 5.32 Å². The summed E-state index contributed by atoms with van der Waals surface area (Å²) in [6, 6.07) is 0. The zero-order valence-electron chi connectivity index (χ0n) is 12.9. The fourth-order valence-electron chi connectivity index (χ4n) is 2.85. The minimum absolute atomic E-state index is 0.886. The summed E-state index contributed by atoms with van der Waals surface area (Å²) in [5, 5.41) is 3.26. The van der Waals surface area contributed by atoms with Crippen LogP contribution in [0.4, 0.5) is 5.82 Å². The molecule has 0 bridgehead atoms. The molecule has 0 aromatic carbocycles. The monoisotopic (exact) mass is 276 g/mol. The van der Waals surface area contributed by atoms with Crippen LogP contribution in [0.15, 0.2) is 12.4 Å². The Bertz CT molecular complexity index is 369.